The lowest BCUT2D eigenvalue weighted by Gasteiger charge is -2.22. The molecule has 0 aliphatic carbocycles. The Kier molecular flexibility index (Phi) is 4.80. The minimum Gasteiger partial charge on any atom is -0.338 e. The lowest BCUT2D eigenvalue weighted by atomic mass is 10.1. The van der Waals surface area contributed by atoms with E-state index in [1.165, 1.54) is 6.42 Å². The smallest absolute Gasteiger partial charge is 0.315 e. The molecular formula is C13H27N3O. The highest BCUT2D eigenvalue weighted by Crippen LogP contribution is 2.17. The highest BCUT2D eigenvalue weighted by atomic mass is 16.2. The Morgan fingerprint density at radius 2 is 2.06 bits per heavy atom. The molecule has 1 aliphatic rings. The van der Waals surface area contributed by atoms with Crippen LogP contribution >= 0.6 is 0 Å². The van der Waals surface area contributed by atoms with Crippen molar-refractivity contribution in [2.75, 3.05) is 19.6 Å². The van der Waals surface area contributed by atoms with Crippen molar-refractivity contribution in [3.8, 4) is 0 Å². The monoisotopic (exact) mass is 241 g/mol. The van der Waals surface area contributed by atoms with Crippen LogP contribution in [0.1, 0.15) is 41.0 Å². The predicted molar refractivity (Wildman–Crippen MR) is 71.1 cm³/mol. The Labute approximate surface area is 105 Å². The van der Waals surface area contributed by atoms with Crippen LogP contribution < -0.4 is 10.6 Å². The lowest BCUT2D eigenvalue weighted by Crippen LogP contribution is -2.47. The first-order chi connectivity index (χ1) is 7.78. The van der Waals surface area contributed by atoms with Crippen molar-refractivity contribution < 1.29 is 4.79 Å². The van der Waals surface area contributed by atoms with E-state index in [2.05, 4.69) is 29.4 Å². The van der Waals surface area contributed by atoms with E-state index in [1.54, 1.807) is 0 Å². The first-order valence-corrected chi connectivity index (χ1v) is 6.58. The largest absolute Gasteiger partial charge is 0.338 e. The van der Waals surface area contributed by atoms with E-state index in [9.17, 15) is 4.79 Å². The van der Waals surface area contributed by atoms with Gasteiger partial charge in [-0.05, 0) is 53.5 Å². The zero-order valence-electron chi connectivity index (χ0n) is 11.8. The van der Waals surface area contributed by atoms with Crippen LogP contribution in [-0.2, 0) is 0 Å². The van der Waals surface area contributed by atoms with Gasteiger partial charge >= 0.3 is 6.03 Å². The summed E-state index contributed by atoms with van der Waals surface area (Å²) in [5.74, 6) is 0.600. The van der Waals surface area contributed by atoms with Crippen LogP contribution in [0.5, 0.6) is 0 Å². The molecule has 17 heavy (non-hydrogen) atoms. The first-order valence-electron chi connectivity index (χ1n) is 6.58. The van der Waals surface area contributed by atoms with E-state index in [0.717, 1.165) is 19.6 Å². The van der Waals surface area contributed by atoms with Crippen LogP contribution in [0.3, 0.4) is 0 Å². The third-order valence-electron chi connectivity index (χ3n) is 3.09. The molecule has 0 bridgehead atoms. The van der Waals surface area contributed by atoms with Gasteiger partial charge in [-0.25, -0.2) is 4.79 Å². The van der Waals surface area contributed by atoms with Crippen molar-refractivity contribution in [2.45, 2.75) is 52.6 Å². The number of likely N-dealkylation sites (tertiary alicyclic amines) is 1. The number of urea groups is 1. The second-order valence-corrected chi connectivity index (χ2v) is 6.33. The lowest BCUT2D eigenvalue weighted by molar-refractivity contribution is 0.228. The van der Waals surface area contributed by atoms with Gasteiger partial charge in [-0.15, -0.1) is 0 Å². The van der Waals surface area contributed by atoms with Crippen molar-refractivity contribution in [3.05, 3.63) is 0 Å². The number of carbonyl (C=O) groups is 1. The van der Waals surface area contributed by atoms with Gasteiger partial charge in [0.05, 0.1) is 0 Å². The van der Waals surface area contributed by atoms with Crippen LogP contribution in [0.25, 0.3) is 0 Å². The van der Waals surface area contributed by atoms with Crippen LogP contribution in [0.2, 0.25) is 0 Å². The minimum absolute atomic E-state index is 0.0551. The zero-order chi connectivity index (χ0) is 13.1. The molecule has 2 amide bonds. The summed E-state index contributed by atoms with van der Waals surface area (Å²) in [6.07, 6.45) is 1.19. The van der Waals surface area contributed by atoms with Crippen molar-refractivity contribution in [1.29, 1.82) is 0 Å². The maximum Gasteiger partial charge on any atom is 0.315 e. The zero-order valence-corrected chi connectivity index (χ0v) is 11.8. The molecule has 4 heteroatoms. The van der Waals surface area contributed by atoms with Crippen LogP contribution in [-0.4, -0.2) is 42.1 Å². The van der Waals surface area contributed by atoms with Crippen molar-refractivity contribution in [1.82, 2.24) is 15.5 Å². The quantitative estimate of drug-likeness (QED) is 0.791. The van der Waals surface area contributed by atoms with Gasteiger partial charge in [-0.3, -0.25) is 0 Å². The first kappa shape index (κ1) is 14.3. The SMILES string of the molecule is CC(C)N1CCC(CNC(=O)NC(C)(C)C)C1. The Bertz CT molecular complexity index is 258. The van der Waals surface area contributed by atoms with Crippen molar-refractivity contribution in [3.63, 3.8) is 0 Å². The fourth-order valence-corrected chi connectivity index (χ4v) is 2.12. The van der Waals surface area contributed by atoms with Crippen molar-refractivity contribution in [2.24, 2.45) is 5.92 Å². The van der Waals surface area contributed by atoms with E-state index < -0.39 is 0 Å². The summed E-state index contributed by atoms with van der Waals surface area (Å²) in [5, 5.41) is 5.88. The van der Waals surface area contributed by atoms with Gasteiger partial charge in [0.15, 0.2) is 0 Å². The summed E-state index contributed by atoms with van der Waals surface area (Å²) in [6, 6.07) is 0.559. The summed E-state index contributed by atoms with van der Waals surface area (Å²) in [4.78, 5) is 14.1. The number of amides is 2. The Morgan fingerprint density at radius 1 is 1.41 bits per heavy atom. The molecule has 1 unspecified atom stereocenters. The molecule has 4 nitrogen and oxygen atoms in total. The molecule has 1 saturated heterocycles. The van der Waals surface area contributed by atoms with E-state index in [1.807, 2.05) is 20.8 Å². The molecule has 100 valence electrons. The molecule has 0 aromatic rings. The molecule has 2 N–H and O–H groups in total. The molecule has 0 aromatic carbocycles. The van der Waals surface area contributed by atoms with Gasteiger partial charge in [-0.2, -0.15) is 0 Å². The molecule has 1 rings (SSSR count). The van der Waals surface area contributed by atoms with Gasteiger partial charge in [0.25, 0.3) is 0 Å². The fourth-order valence-electron chi connectivity index (χ4n) is 2.12. The highest BCUT2D eigenvalue weighted by Gasteiger charge is 2.24. The molecule has 0 aromatic heterocycles. The van der Waals surface area contributed by atoms with Crippen LogP contribution in [0.15, 0.2) is 0 Å². The van der Waals surface area contributed by atoms with Crippen LogP contribution in [0, 0.1) is 5.92 Å². The second kappa shape index (κ2) is 5.71. The number of carbonyl (C=O) groups excluding carboxylic acids is 1. The minimum atomic E-state index is -0.163. The number of nitrogens with zero attached hydrogens (tertiary/aromatic N) is 1. The summed E-state index contributed by atoms with van der Waals surface area (Å²) < 4.78 is 0. The number of hydrogen-bond donors (Lipinski definition) is 2. The van der Waals surface area contributed by atoms with Gasteiger partial charge in [0.2, 0.25) is 0 Å². The van der Waals surface area contributed by atoms with E-state index in [-0.39, 0.29) is 11.6 Å². The van der Waals surface area contributed by atoms with E-state index in [0.29, 0.717) is 12.0 Å². The van der Waals surface area contributed by atoms with Gasteiger partial charge in [-0.1, -0.05) is 0 Å². The average molecular weight is 241 g/mol. The standard InChI is InChI=1S/C13H27N3O/c1-10(2)16-7-6-11(9-16)8-14-12(17)15-13(3,4)5/h10-11H,6-9H2,1-5H3,(H2,14,15,17). The predicted octanol–water partition coefficient (Wildman–Crippen LogP) is 1.81. The summed E-state index contributed by atoms with van der Waals surface area (Å²) >= 11 is 0. The highest BCUT2D eigenvalue weighted by molar-refractivity contribution is 5.74. The normalized spacial score (nSPS) is 21.9. The molecule has 1 atom stereocenters. The second-order valence-electron chi connectivity index (χ2n) is 6.33. The number of hydrogen-bond acceptors (Lipinski definition) is 2. The topological polar surface area (TPSA) is 44.4 Å². The van der Waals surface area contributed by atoms with Gasteiger partial charge in [0.1, 0.15) is 0 Å². The fraction of sp³-hybridized carbons (Fsp3) is 0.923. The van der Waals surface area contributed by atoms with Crippen molar-refractivity contribution >= 4 is 6.03 Å². The van der Waals surface area contributed by atoms with Gasteiger partial charge < -0.3 is 15.5 Å². The molecule has 1 fully saturated rings. The van der Waals surface area contributed by atoms with E-state index in [4.69, 9.17) is 0 Å². The number of rotatable bonds is 3. The number of nitrogens with one attached hydrogen (secondary N) is 2. The summed E-state index contributed by atoms with van der Waals surface area (Å²) in [5.41, 5.74) is -0.163. The maximum atomic E-state index is 11.6. The third kappa shape index (κ3) is 5.39. The molecule has 0 saturated carbocycles. The third-order valence-corrected chi connectivity index (χ3v) is 3.09. The average Bonchev–Trinajstić information content (AvgIpc) is 2.60. The Balaban J connectivity index is 2.22. The summed E-state index contributed by atoms with van der Waals surface area (Å²) in [7, 11) is 0. The Morgan fingerprint density at radius 3 is 2.53 bits per heavy atom. The Hall–Kier alpha value is -0.770. The molecule has 1 heterocycles. The summed E-state index contributed by atoms with van der Waals surface area (Å²) in [6.45, 7) is 13.5. The van der Waals surface area contributed by atoms with Crippen LogP contribution in [0.4, 0.5) is 4.79 Å². The van der Waals surface area contributed by atoms with E-state index >= 15 is 0 Å². The molecule has 1 aliphatic heterocycles. The van der Waals surface area contributed by atoms with Gasteiger partial charge in [0, 0.05) is 24.7 Å². The molecule has 0 radical (unpaired) electrons. The maximum absolute atomic E-state index is 11.6. The molecular weight excluding hydrogens is 214 g/mol. The molecule has 0 spiro atoms.